The van der Waals surface area contributed by atoms with E-state index in [4.69, 9.17) is 27.9 Å². The molecule has 4 nitrogen and oxygen atoms in total. The molecule has 0 saturated carbocycles. The standard InChI is InChI=1S/C8H4BrCl2N3O/c9-7-12-8(14-13-7)15-6-2-1-4(10)3-5(6)11/h1-3H,(H,12,13,14). The predicted octanol–water partition coefficient (Wildman–Crippen LogP) is 3.67. The number of aromatic nitrogens is 3. The molecule has 1 aromatic carbocycles. The highest BCUT2D eigenvalue weighted by Crippen LogP contribution is 2.30. The number of aromatic amines is 1. The lowest BCUT2D eigenvalue weighted by Crippen LogP contribution is -1.87. The molecule has 0 saturated heterocycles. The summed E-state index contributed by atoms with van der Waals surface area (Å²) in [6.07, 6.45) is 0. The van der Waals surface area contributed by atoms with Crippen LogP contribution in [0.1, 0.15) is 0 Å². The summed E-state index contributed by atoms with van der Waals surface area (Å²) in [6, 6.07) is 5.09. The average molecular weight is 309 g/mol. The maximum absolute atomic E-state index is 5.90. The second kappa shape index (κ2) is 4.38. The van der Waals surface area contributed by atoms with Gasteiger partial charge in [0.05, 0.1) is 5.02 Å². The van der Waals surface area contributed by atoms with Crippen LogP contribution in [0.15, 0.2) is 22.9 Å². The predicted molar refractivity (Wildman–Crippen MR) is 60.6 cm³/mol. The van der Waals surface area contributed by atoms with E-state index in [1.807, 2.05) is 0 Å². The molecule has 0 aliphatic carbocycles. The van der Waals surface area contributed by atoms with E-state index >= 15 is 0 Å². The Bertz CT molecular complexity index is 488. The van der Waals surface area contributed by atoms with Crippen LogP contribution in [0, 0.1) is 0 Å². The molecular formula is C8H4BrCl2N3O. The minimum absolute atomic E-state index is 0.186. The summed E-state index contributed by atoms with van der Waals surface area (Å²) in [5.41, 5.74) is 0. The van der Waals surface area contributed by atoms with Gasteiger partial charge in [-0.1, -0.05) is 23.2 Å². The van der Waals surface area contributed by atoms with Crippen LogP contribution < -0.4 is 4.74 Å². The summed E-state index contributed by atoms with van der Waals surface area (Å²) in [4.78, 5) is 3.91. The van der Waals surface area contributed by atoms with Crippen LogP contribution >= 0.6 is 39.1 Å². The topological polar surface area (TPSA) is 50.8 Å². The Morgan fingerprint density at radius 2 is 2.13 bits per heavy atom. The number of ether oxygens (including phenoxy) is 1. The number of rotatable bonds is 2. The normalized spacial score (nSPS) is 10.3. The van der Waals surface area contributed by atoms with Gasteiger partial charge in [-0.25, -0.2) is 0 Å². The third-order valence-corrected chi connectivity index (χ3v) is 2.42. The van der Waals surface area contributed by atoms with E-state index in [2.05, 4.69) is 31.1 Å². The zero-order valence-corrected chi connectivity index (χ0v) is 10.3. The van der Waals surface area contributed by atoms with Crippen molar-refractivity contribution in [3.63, 3.8) is 0 Å². The highest BCUT2D eigenvalue weighted by atomic mass is 79.9. The van der Waals surface area contributed by atoms with Crippen molar-refractivity contribution in [1.82, 2.24) is 15.2 Å². The van der Waals surface area contributed by atoms with Gasteiger partial charge < -0.3 is 4.74 Å². The summed E-state index contributed by atoms with van der Waals surface area (Å²) in [7, 11) is 0. The molecule has 15 heavy (non-hydrogen) atoms. The lowest BCUT2D eigenvalue weighted by atomic mass is 10.3. The zero-order chi connectivity index (χ0) is 10.8. The molecule has 0 unspecified atom stereocenters. The number of nitrogens with zero attached hydrogens (tertiary/aromatic N) is 2. The first-order valence-electron chi connectivity index (χ1n) is 3.86. The lowest BCUT2D eigenvalue weighted by molar-refractivity contribution is 0.444. The fraction of sp³-hybridized carbons (Fsp3) is 0. The Balaban J connectivity index is 2.24. The van der Waals surface area contributed by atoms with Gasteiger partial charge in [-0.2, -0.15) is 4.98 Å². The summed E-state index contributed by atoms with van der Waals surface area (Å²) >= 11 is 14.8. The third-order valence-electron chi connectivity index (χ3n) is 1.53. The molecule has 1 N–H and O–H groups in total. The van der Waals surface area contributed by atoms with Gasteiger partial charge in [0.1, 0.15) is 5.75 Å². The molecule has 0 aliphatic heterocycles. The van der Waals surface area contributed by atoms with Crippen molar-refractivity contribution in [2.24, 2.45) is 0 Å². The molecule has 78 valence electrons. The highest BCUT2D eigenvalue weighted by Gasteiger charge is 2.07. The second-order valence-electron chi connectivity index (χ2n) is 2.59. The molecule has 0 bridgehead atoms. The number of halogens is 3. The molecule has 0 amide bonds. The van der Waals surface area contributed by atoms with Crippen molar-refractivity contribution in [1.29, 1.82) is 0 Å². The number of H-pyrrole nitrogens is 1. The summed E-state index contributed by atoms with van der Waals surface area (Å²) in [5, 5.41) is 7.31. The molecule has 0 aliphatic rings. The Labute approximate surface area is 104 Å². The van der Waals surface area contributed by atoms with Crippen LogP contribution in [0.5, 0.6) is 11.8 Å². The van der Waals surface area contributed by atoms with E-state index in [0.29, 0.717) is 20.5 Å². The number of hydrogen-bond acceptors (Lipinski definition) is 3. The monoisotopic (exact) mass is 307 g/mol. The van der Waals surface area contributed by atoms with Crippen molar-refractivity contribution in [2.45, 2.75) is 0 Å². The van der Waals surface area contributed by atoms with E-state index in [1.54, 1.807) is 18.2 Å². The van der Waals surface area contributed by atoms with Gasteiger partial charge in [-0.3, -0.25) is 5.10 Å². The molecular weight excluding hydrogens is 305 g/mol. The van der Waals surface area contributed by atoms with Crippen molar-refractivity contribution >= 4 is 39.1 Å². The SMILES string of the molecule is Clc1ccc(Oc2n[nH]c(Br)n2)c(Cl)c1. The molecule has 2 rings (SSSR count). The Kier molecular flexibility index (Phi) is 3.14. The Hall–Kier alpha value is -0.780. The van der Waals surface area contributed by atoms with Gasteiger partial charge in [0.15, 0.2) is 4.73 Å². The minimum Gasteiger partial charge on any atom is -0.422 e. The number of hydrogen-bond donors (Lipinski definition) is 1. The maximum Gasteiger partial charge on any atom is 0.341 e. The highest BCUT2D eigenvalue weighted by molar-refractivity contribution is 9.10. The third kappa shape index (κ3) is 2.62. The second-order valence-corrected chi connectivity index (χ2v) is 4.18. The van der Waals surface area contributed by atoms with Gasteiger partial charge in [-0.05, 0) is 34.1 Å². The molecule has 0 fully saturated rings. The molecule has 1 aromatic heterocycles. The quantitative estimate of drug-likeness (QED) is 0.921. The first-order valence-corrected chi connectivity index (χ1v) is 5.41. The maximum atomic E-state index is 5.90. The molecule has 0 radical (unpaired) electrons. The molecule has 0 spiro atoms. The average Bonchev–Trinajstić information content (AvgIpc) is 2.56. The molecule has 1 heterocycles. The lowest BCUT2D eigenvalue weighted by Gasteiger charge is -2.02. The Morgan fingerprint density at radius 3 is 2.73 bits per heavy atom. The van der Waals surface area contributed by atoms with Gasteiger partial charge in [-0.15, -0.1) is 5.10 Å². The van der Waals surface area contributed by atoms with Crippen LogP contribution in [0.3, 0.4) is 0 Å². The zero-order valence-electron chi connectivity index (χ0n) is 7.17. The van der Waals surface area contributed by atoms with Crippen molar-refractivity contribution < 1.29 is 4.74 Å². The summed E-state index contributed by atoms with van der Waals surface area (Å²) in [6.45, 7) is 0. The van der Waals surface area contributed by atoms with Crippen LogP contribution in [0.4, 0.5) is 0 Å². The van der Waals surface area contributed by atoms with E-state index < -0.39 is 0 Å². The van der Waals surface area contributed by atoms with E-state index in [0.717, 1.165) is 0 Å². The molecule has 7 heteroatoms. The van der Waals surface area contributed by atoms with E-state index in [1.165, 1.54) is 0 Å². The fourth-order valence-electron chi connectivity index (χ4n) is 0.930. The first-order chi connectivity index (χ1) is 7.15. The summed E-state index contributed by atoms with van der Waals surface area (Å²) < 4.78 is 5.80. The van der Waals surface area contributed by atoms with Gasteiger partial charge in [0.25, 0.3) is 0 Å². The van der Waals surface area contributed by atoms with E-state index in [-0.39, 0.29) is 6.01 Å². The smallest absolute Gasteiger partial charge is 0.341 e. The fourth-order valence-corrected chi connectivity index (χ4v) is 1.62. The van der Waals surface area contributed by atoms with Crippen molar-refractivity contribution in [2.75, 3.05) is 0 Å². The van der Waals surface area contributed by atoms with Crippen molar-refractivity contribution in [3.8, 4) is 11.8 Å². The first kappa shape index (κ1) is 10.7. The van der Waals surface area contributed by atoms with Crippen molar-refractivity contribution in [3.05, 3.63) is 33.0 Å². The van der Waals surface area contributed by atoms with Crippen LogP contribution in [0.25, 0.3) is 0 Å². The molecule has 0 atom stereocenters. The van der Waals surface area contributed by atoms with Gasteiger partial charge in [0, 0.05) is 5.02 Å². The summed E-state index contributed by atoms with van der Waals surface area (Å²) in [5.74, 6) is 0.451. The van der Waals surface area contributed by atoms with Crippen LogP contribution in [-0.2, 0) is 0 Å². The Morgan fingerprint density at radius 1 is 1.33 bits per heavy atom. The van der Waals surface area contributed by atoms with Crippen LogP contribution in [0.2, 0.25) is 10.0 Å². The van der Waals surface area contributed by atoms with E-state index in [9.17, 15) is 0 Å². The van der Waals surface area contributed by atoms with Gasteiger partial charge >= 0.3 is 6.01 Å². The van der Waals surface area contributed by atoms with Crippen LogP contribution in [-0.4, -0.2) is 15.2 Å². The van der Waals surface area contributed by atoms with Gasteiger partial charge in [0.2, 0.25) is 0 Å². The largest absolute Gasteiger partial charge is 0.422 e. The number of nitrogens with one attached hydrogen (secondary N) is 1. The molecule has 2 aromatic rings. The number of benzene rings is 1. The minimum atomic E-state index is 0.186.